The number of primary amides is 3. The van der Waals surface area contributed by atoms with Gasteiger partial charge in [0.15, 0.2) is 0 Å². The molecule has 33 nitrogen and oxygen atoms in total. The first-order chi connectivity index (χ1) is 43.8. The number of carbonyl (C=O) groups excluding carboxylic acids is 13. The summed E-state index contributed by atoms with van der Waals surface area (Å²) in [6.07, 6.45) is -4.08. The fourth-order valence-corrected chi connectivity index (χ4v) is 9.44. The van der Waals surface area contributed by atoms with Crippen LogP contribution in [0.3, 0.4) is 0 Å². The Hall–Kier alpha value is -9.01. The molecule has 528 valence electrons. The van der Waals surface area contributed by atoms with Gasteiger partial charge in [0.25, 0.3) is 0 Å². The van der Waals surface area contributed by atoms with Gasteiger partial charge in [0.05, 0.1) is 19.1 Å². The zero-order valence-corrected chi connectivity index (χ0v) is 55.2. The Balaban J connectivity index is 3.69. The van der Waals surface area contributed by atoms with E-state index in [0.717, 1.165) is 0 Å². The number of nitrogens with two attached hydrogens (primary N) is 4. The monoisotopic (exact) mass is 1330 g/mol. The van der Waals surface area contributed by atoms with Gasteiger partial charge < -0.3 is 96.5 Å². The van der Waals surface area contributed by atoms with E-state index in [1.807, 2.05) is 0 Å². The van der Waals surface area contributed by atoms with Crippen LogP contribution in [0.5, 0.6) is 5.75 Å². The van der Waals surface area contributed by atoms with Gasteiger partial charge in [-0.1, -0.05) is 87.8 Å². The second-order valence-corrected chi connectivity index (χ2v) is 25.1. The van der Waals surface area contributed by atoms with Crippen LogP contribution in [0.1, 0.15) is 152 Å². The molecule has 13 amide bonds. The van der Waals surface area contributed by atoms with E-state index >= 15 is 0 Å². The van der Waals surface area contributed by atoms with Crippen LogP contribution in [0.2, 0.25) is 0 Å². The molecule has 0 aliphatic carbocycles. The van der Waals surface area contributed by atoms with E-state index < -0.39 is 213 Å². The van der Waals surface area contributed by atoms with Gasteiger partial charge in [0.1, 0.15) is 66.2 Å². The number of phenols is 1. The first-order valence-electron chi connectivity index (χ1n) is 31.3. The zero-order chi connectivity index (χ0) is 71.9. The standard InChI is InChI=1S/C61H100N14O19/c1-11-33(10)50(75-58(90)41(24-31(6)7)70-59(91)45(28-76)74-54(86)38(17-20-47(64)79)67-52(84)37(16-19-46(63)78)66-51(83)36(62)22-29(2)3)60(92)68-39(18-21-49(81)82)53(85)71-42(26-34-12-14-35(77)15-13-34)56(88)72-43(27-48(65)80)57(89)69-40(23-30(4)5)55(87)73-44(61(93)94)25-32(8)9/h12-15,29-33,36-45,50,76-77H,11,16-28,62H2,1-10H3,(H2,63,78)(H2,64,79)(H2,65,80)(H,66,83)(H,67,84)(H,68,92)(H,69,89)(H,70,91)(H,71,85)(H,72,88)(H,73,87)(H,74,86)(H,75,90)(H,81,82)(H,93,94)/t33-,36-,37-,38-,39-,40-,41-,42-,43-,44-,45-,50-/m0/s1. The van der Waals surface area contributed by atoms with Crippen LogP contribution in [0.25, 0.3) is 0 Å². The Kier molecular flexibility index (Phi) is 36.7. The molecule has 0 bridgehead atoms. The number of amides is 13. The minimum absolute atomic E-state index is 0.0256. The number of benzene rings is 1. The number of carbonyl (C=O) groups is 15. The molecule has 0 heterocycles. The number of carboxylic acid groups (broad SMARTS) is 2. The highest BCUT2D eigenvalue weighted by Crippen LogP contribution is 2.17. The molecule has 0 fully saturated rings. The average Bonchev–Trinajstić information content (AvgIpc) is 1.08. The van der Waals surface area contributed by atoms with Crippen molar-refractivity contribution >= 4 is 88.7 Å². The van der Waals surface area contributed by atoms with Gasteiger partial charge in [-0.2, -0.15) is 0 Å². The van der Waals surface area contributed by atoms with E-state index in [2.05, 4.69) is 53.2 Å². The summed E-state index contributed by atoms with van der Waals surface area (Å²) in [5.74, 6) is -17.8. The van der Waals surface area contributed by atoms with Gasteiger partial charge >= 0.3 is 11.9 Å². The fourth-order valence-electron chi connectivity index (χ4n) is 9.44. The molecule has 0 aliphatic rings. The summed E-state index contributed by atoms with van der Waals surface area (Å²) in [7, 11) is 0. The molecule has 1 aromatic rings. The summed E-state index contributed by atoms with van der Waals surface area (Å²) >= 11 is 0. The summed E-state index contributed by atoms with van der Waals surface area (Å²) in [6.45, 7) is 15.9. The minimum atomic E-state index is -1.86. The Labute approximate surface area is 546 Å². The van der Waals surface area contributed by atoms with Crippen LogP contribution < -0.4 is 76.1 Å². The maximum Gasteiger partial charge on any atom is 0.326 e. The SMILES string of the molecule is CC[C@H](C)[C@H](NC(=O)[C@H](CC(C)C)NC(=O)[C@H](CO)NC(=O)[C@H](CCC(N)=O)NC(=O)[C@H](CCC(N)=O)NC(=O)[C@@H](N)CC(C)C)C(=O)N[C@@H](CCC(=O)O)C(=O)N[C@@H](Cc1ccc(O)cc1)C(=O)N[C@@H](CC(N)=O)C(=O)N[C@@H](CC(C)C)C(=O)N[C@@H](CC(C)C)C(=O)O. The largest absolute Gasteiger partial charge is 0.508 e. The number of rotatable bonds is 45. The Morgan fingerprint density at radius 2 is 0.745 bits per heavy atom. The fraction of sp³-hybridized carbons (Fsp3) is 0.656. The van der Waals surface area contributed by atoms with Gasteiger partial charge in [-0.05, 0) is 92.2 Å². The summed E-state index contributed by atoms with van der Waals surface area (Å²) < 4.78 is 0. The number of carboxylic acids is 2. The predicted molar refractivity (Wildman–Crippen MR) is 339 cm³/mol. The number of nitrogens with one attached hydrogen (secondary N) is 10. The molecule has 33 heteroatoms. The van der Waals surface area contributed by atoms with Crippen LogP contribution >= 0.6 is 0 Å². The number of hydrogen-bond donors (Lipinski definition) is 18. The number of aliphatic hydroxyl groups excluding tert-OH is 1. The van der Waals surface area contributed by atoms with E-state index in [9.17, 15) is 92.3 Å². The van der Waals surface area contributed by atoms with Gasteiger partial charge in [0, 0.05) is 25.7 Å². The molecule has 1 aromatic carbocycles. The molecule has 0 unspecified atom stereocenters. The molecule has 0 spiro atoms. The van der Waals surface area contributed by atoms with E-state index in [1.54, 1.807) is 69.2 Å². The topological polar surface area (TPSA) is 561 Å². The van der Waals surface area contributed by atoms with Crippen molar-refractivity contribution in [1.82, 2.24) is 53.2 Å². The second-order valence-electron chi connectivity index (χ2n) is 25.1. The Morgan fingerprint density at radius 1 is 0.404 bits per heavy atom. The maximum absolute atomic E-state index is 14.5. The van der Waals surface area contributed by atoms with Gasteiger partial charge in [0.2, 0.25) is 76.8 Å². The van der Waals surface area contributed by atoms with Crippen molar-refractivity contribution in [3.63, 3.8) is 0 Å². The third-order valence-corrected chi connectivity index (χ3v) is 14.6. The van der Waals surface area contributed by atoms with Crippen molar-refractivity contribution in [2.45, 2.75) is 219 Å². The Bertz CT molecular complexity index is 2780. The molecule has 12 atom stereocenters. The van der Waals surface area contributed by atoms with Crippen LogP contribution in [0, 0.1) is 29.6 Å². The van der Waals surface area contributed by atoms with Crippen molar-refractivity contribution in [2.24, 2.45) is 52.5 Å². The molecular weight excluding hydrogens is 1230 g/mol. The molecular formula is C61H100N14O19. The molecule has 0 saturated heterocycles. The average molecular weight is 1330 g/mol. The highest BCUT2D eigenvalue weighted by Gasteiger charge is 2.38. The van der Waals surface area contributed by atoms with Gasteiger partial charge in [-0.15, -0.1) is 0 Å². The highest BCUT2D eigenvalue weighted by molar-refractivity contribution is 6.00. The lowest BCUT2D eigenvalue weighted by Crippen LogP contribution is -2.62. The number of phenolic OH excluding ortho intramolecular Hbond substituents is 1. The van der Waals surface area contributed by atoms with E-state index in [0.29, 0.717) is 5.56 Å². The normalized spacial score (nSPS) is 15.1. The lowest BCUT2D eigenvalue weighted by molar-refractivity contribution is -0.143. The van der Waals surface area contributed by atoms with Gasteiger partial charge in [-0.25, -0.2) is 4.79 Å². The van der Waals surface area contributed by atoms with Crippen molar-refractivity contribution in [1.29, 1.82) is 0 Å². The van der Waals surface area contributed by atoms with Crippen molar-refractivity contribution < 1.29 is 92.3 Å². The number of aliphatic hydroxyl groups is 1. The number of hydrogen-bond acceptors (Lipinski definition) is 18. The summed E-state index contributed by atoms with van der Waals surface area (Å²) in [4.78, 5) is 200. The molecule has 1 rings (SSSR count). The Morgan fingerprint density at radius 3 is 1.16 bits per heavy atom. The molecule has 22 N–H and O–H groups in total. The third-order valence-electron chi connectivity index (χ3n) is 14.6. The predicted octanol–water partition coefficient (Wildman–Crippen LogP) is -3.31. The molecule has 94 heavy (non-hydrogen) atoms. The molecule has 0 aromatic heterocycles. The summed E-state index contributed by atoms with van der Waals surface area (Å²) in [6, 6.07) is -12.0. The van der Waals surface area contributed by atoms with E-state index in [1.165, 1.54) is 24.3 Å². The van der Waals surface area contributed by atoms with Gasteiger partial charge in [-0.3, -0.25) is 67.1 Å². The highest BCUT2D eigenvalue weighted by atomic mass is 16.4. The summed E-state index contributed by atoms with van der Waals surface area (Å²) in [5.41, 5.74) is 22.5. The molecule has 0 aliphatic heterocycles. The van der Waals surface area contributed by atoms with Crippen molar-refractivity contribution in [3.8, 4) is 5.75 Å². The van der Waals surface area contributed by atoms with Crippen molar-refractivity contribution in [2.75, 3.05) is 6.61 Å². The molecule has 0 radical (unpaired) electrons. The smallest absolute Gasteiger partial charge is 0.326 e. The first-order valence-corrected chi connectivity index (χ1v) is 31.3. The minimum Gasteiger partial charge on any atom is -0.508 e. The maximum atomic E-state index is 14.5. The van der Waals surface area contributed by atoms with E-state index in [4.69, 9.17) is 22.9 Å². The first kappa shape index (κ1) is 83.0. The zero-order valence-electron chi connectivity index (χ0n) is 55.2. The summed E-state index contributed by atoms with van der Waals surface area (Å²) in [5, 5.41) is 64.3. The second kappa shape index (κ2) is 41.6. The lowest BCUT2D eigenvalue weighted by Gasteiger charge is -2.30. The third kappa shape index (κ3) is 32.0. The number of aliphatic carboxylic acids is 2. The quantitative estimate of drug-likeness (QED) is 0.0304. The van der Waals surface area contributed by atoms with Crippen LogP contribution in [-0.2, 0) is 78.3 Å². The molecule has 0 saturated carbocycles. The van der Waals surface area contributed by atoms with Crippen LogP contribution in [0.4, 0.5) is 0 Å². The van der Waals surface area contributed by atoms with Crippen molar-refractivity contribution in [3.05, 3.63) is 29.8 Å². The van der Waals surface area contributed by atoms with Crippen LogP contribution in [0.15, 0.2) is 24.3 Å². The van der Waals surface area contributed by atoms with E-state index in [-0.39, 0.29) is 67.9 Å². The lowest BCUT2D eigenvalue weighted by atomic mass is 9.96. The van der Waals surface area contributed by atoms with Crippen LogP contribution in [-0.4, -0.2) is 182 Å². The number of aromatic hydroxyl groups is 1.